The van der Waals surface area contributed by atoms with Gasteiger partial charge in [-0.15, -0.1) is 0 Å². The van der Waals surface area contributed by atoms with E-state index in [0.29, 0.717) is 0 Å². The van der Waals surface area contributed by atoms with E-state index in [4.69, 9.17) is 26.2 Å². The quantitative estimate of drug-likeness (QED) is 0.266. The highest BCUT2D eigenvalue weighted by atomic mass is 16.4. The molecule has 114 valence electrons. The Bertz CT molecular complexity index is 397. The van der Waals surface area contributed by atoms with Crippen LogP contribution in [0.4, 0.5) is 0 Å². The minimum Gasteiger partial charge on any atom is -0.481 e. The van der Waals surface area contributed by atoms with Crippen molar-refractivity contribution in [2.75, 3.05) is 0 Å². The Hall–Kier alpha value is -2.20. The summed E-state index contributed by atoms with van der Waals surface area (Å²) in [5.74, 6) is -5.50. The Morgan fingerprint density at radius 3 is 1.85 bits per heavy atom. The molecule has 0 rings (SSSR count). The van der Waals surface area contributed by atoms with Crippen molar-refractivity contribution in [3.63, 3.8) is 0 Å². The maximum Gasteiger partial charge on any atom is 0.322 e. The molecule has 1 unspecified atom stereocenters. The molecule has 0 saturated heterocycles. The third-order valence-electron chi connectivity index (χ3n) is 2.47. The molecule has 0 saturated carbocycles. The fourth-order valence-electron chi connectivity index (χ4n) is 1.45. The number of carboxylic acid groups (broad SMARTS) is 4. The van der Waals surface area contributed by atoms with Crippen molar-refractivity contribution >= 4 is 23.9 Å². The van der Waals surface area contributed by atoms with Gasteiger partial charge in [-0.3, -0.25) is 24.5 Å². The predicted octanol–water partition coefficient (Wildman–Crippen LogP) is -1.85. The summed E-state index contributed by atoms with van der Waals surface area (Å²) >= 11 is 0. The molecule has 0 aliphatic carbocycles. The van der Waals surface area contributed by atoms with E-state index in [0.717, 1.165) is 0 Å². The predicted molar refractivity (Wildman–Crippen MR) is 63.1 cm³/mol. The zero-order valence-corrected chi connectivity index (χ0v) is 10.4. The molecule has 10 nitrogen and oxygen atoms in total. The van der Waals surface area contributed by atoms with Gasteiger partial charge >= 0.3 is 23.9 Å². The normalized spacial score (nSPS) is 15.1. The Labute approximate surface area is 113 Å². The molecule has 3 atom stereocenters. The van der Waals surface area contributed by atoms with Gasteiger partial charge in [-0.2, -0.15) is 0 Å². The largest absolute Gasteiger partial charge is 0.481 e. The first-order valence-electron chi connectivity index (χ1n) is 5.56. The number of carbonyl (C=O) groups is 4. The minimum atomic E-state index is -1.63. The van der Waals surface area contributed by atoms with E-state index in [2.05, 4.69) is 5.32 Å². The molecule has 0 aliphatic heterocycles. The Morgan fingerprint density at radius 1 is 0.950 bits per heavy atom. The molecule has 0 radical (unpaired) electrons. The highest BCUT2D eigenvalue weighted by Crippen LogP contribution is 2.05. The molecule has 7 N–H and O–H groups in total. The van der Waals surface area contributed by atoms with E-state index in [9.17, 15) is 19.2 Å². The summed E-state index contributed by atoms with van der Waals surface area (Å²) in [4.78, 5) is 42.7. The van der Waals surface area contributed by atoms with Crippen LogP contribution in [0.2, 0.25) is 0 Å². The lowest BCUT2D eigenvalue weighted by Crippen LogP contribution is -2.55. The molecular weight excluding hydrogens is 276 g/mol. The number of hydrogen-bond acceptors (Lipinski definition) is 6. The second-order valence-electron chi connectivity index (χ2n) is 4.06. The number of hydrogen-bond donors (Lipinski definition) is 6. The van der Waals surface area contributed by atoms with Gasteiger partial charge in [0.05, 0.1) is 6.42 Å². The number of nitrogens with two attached hydrogens (primary N) is 1. The Morgan fingerprint density at radius 2 is 1.50 bits per heavy atom. The van der Waals surface area contributed by atoms with Crippen molar-refractivity contribution in [2.45, 2.75) is 37.4 Å². The summed E-state index contributed by atoms with van der Waals surface area (Å²) < 4.78 is 0. The van der Waals surface area contributed by atoms with Crippen molar-refractivity contribution in [1.29, 1.82) is 0 Å². The van der Waals surface area contributed by atoms with E-state index < -0.39 is 54.8 Å². The smallest absolute Gasteiger partial charge is 0.322 e. The van der Waals surface area contributed by atoms with Gasteiger partial charge in [-0.25, -0.2) is 0 Å². The van der Waals surface area contributed by atoms with E-state index in [1.807, 2.05) is 0 Å². The summed E-state index contributed by atoms with van der Waals surface area (Å²) in [5.41, 5.74) is 5.28. The summed E-state index contributed by atoms with van der Waals surface area (Å²) in [6.45, 7) is 0. The monoisotopic (exact) mass is 292 g/mol. The second-order valence-corrected chi connectivity index (χ2v) is 4.06. The van der Waals surface area contributed by atoms with Crippen LogP contribution in [-0.4, -0.2) is 62.4 Å². The summed E-state index contributed by atoms with van der Waals surface area (Å²) in [5, 5.41) is 37.0. The molecule has 10 heteroatoms. The van der Waals surface area contributed by atoms with Crippen LogP contribution < -0.4 is 11.1 Å². The van der Waals surface area contributed by atoms with Crippen LogP contribution in [0.5, 0.6) is 0 Å². The first-order valence-corrected chi connectivity index (χ1v) is 5.56. The second kappa shape index (κ2) is 8.07. The lowest BCUT2D eigenvalue weighted by Gasteiger charge is -2.24. The highest BCUT2D eigenvalue weighted by molar-refractivity contribution is 5.78. The Kier molecular flexibility index (Phi) is 7.18. The van der Waals surface area contributed by atoms with Crippen LogP contribution in [0.15, 0.2) is 0 Å². The lowest BCUT2D eigenvalue weighted by molar-refractivity contribution is -0.145. The maximum atomic E-state index is 10.9. The molecule has 0 aromatic heterocycles. The van der Waals surface area contributed by atoms with Crippen molar-refractivity contribution in [3.05, 3.63) is 0 Å². The zero-order chi connectivity index (χ0) is 15.9. The van der Waals surface area contributed by atoms with Crippen LogP contribution in [0, 0.1) is 0 Å². The maximum absolute atomic E-state index is 10.9. The van der Waals surface area contributed by atoms with Crippen LogP contribution >= 0.6 is 0 Å². The van der Waals surface area contributed by atoms with Gasteiger partial charge in [0.1, 0.15) is 12.1 Å². The highest BCUT2D eigenvalue weighted by Gasteiger charge is 2.31. The number of aliphatic carboxylic acids is 4. The number of rotatable bonds is 10. The van der Waals surface area contributed by atoms with E-state index >= 15 is 0 Å². The van der Waals surface area contributed by atoms with Crippen molar-refractivity contribution < 1.29 is 39.6 Å². The molecule has 0 bridgehead atoms. The van der Waals surface area contributed by atoms with Crippen molar-refractivity contribution in [2.24, 2.45) is 5.73 Å². The number of carboxylic acids is 4. The van der Waals surface area contributed by atoms with Gasteiger partial charge in [0.2, 0.25) is 0 Å². The van der Waals surface area contributed by atoms with Gasteiger partial charge in [0.25, 0.3) is 0 Å². The number of nitrogens with one attached hydrogen (secondary N) is 1. The molecule has 20 heavy (non-hydrogen) atoms. The van der Waals surface area contributed by atoms with E-state index in [-0.39, 0.29) is 6.42 Å². The van der Waals surface area contributed by atoms with Crippen molar-refractivity contribution in [3.8, 4) is 0 Å². The molecule has 0 heterocycles. The SMILES string of the molecule is N[C@H](C(=O)O)C(CC(=O)O)N[C@@H](CCC(=O)O)C(=O)O. The van der Waals surface area contributed by atoms with Gasteiger partial charge in [-0.05, 0) is 6.42 Å². The fourth-order valence-corrected chi connectivity index (χ4v) is 1.45. The first kappa shape index (κ1) is 17.8. The molecule has 0 spiro atoms. The van der Waals surface area contributed by atoms with Gasteiger partial charge < -0.3 is 26.2 Å². The summed E-state index contributed by atoms with van der Waals surface area (Å²) in [6, 6.07) is -4.36. The zero-order valence-electron chi connectivity index (χ0n) is 10.4. The molecule has 0 aromatic rings. The average molecular weight is 292 g/mol. The van der Waals surface area contributed by atoms with E-state index in [1.54, 1.807) is 0 Å². The lowest BCUT2D eigenvalue weighted by atomic mass is 10.0. The van der Waals surface area contributed by atoms with Crippen LogP contribution in [0.3, 0.4) is 0 Å². The van der Waals surface area contributed by atoms with Crippen molar-refractivity contribution in [1.82, 2.24) is 5.32 Å². The first-order chi connectivity index (χ1) is 9.15. The molecule has 0 amide bonds. The molecular formula is C10H16N2O8. The Balaban J connectivity index is 4.87. The topological polar surface area (TPSA) is 187 Å². The van der Waals surface area contributed by atoms with Gasteiger partial charge in [-0.1, -0.05) is 0 Å². The third-order valence-corrected chi connectivity index (χ3v) is 2.47. The molecule has 0 aliphatic rings. The minimum absolute atomic E-state index is 0.326. The third kappa shape index (κ3) is 6.66. The average Bonchev–Trinajstić information content (AvgIpc) is 2.30. The van der Waals surface area contributed by atoms with Crippen LogP contribution in [0.25, 0.3) is 0 Å². The standard InChI is InChI=1S/C10H16N2O8/c11-8(10(19)20)5(3-7(15)16)12-4(9(17)18)1-2-6(13)14/h4-5,8,12H,1-3,11H2,(H,13,14)(H,15,16)(H,17,18)(H,19,20)/t4-,5?,8-/m0/s1. The molecule has 0 fully saturated rings. The van der Waals surface area contributed by atoms with Crippen LogP contribution in [-0.2, 0) is 19.2 Å². The van der Waals surface area contributed by atoms with Gasteiger partial charge in [0, 0.05) is 12.5 Å². The van der Waals surface area contributed by atoms with Gasteiger partial charge in [0.15, 0.2) is 0 Å². The summed E-state index contributed by atoms with van der Waals surface area (Å²) in [6.07, 6.45) is -1.50. The summed E-state index contributed by atoms with van der Waals surface area (Å²) in [7, 11) is 0. The van der Waals surface area contributed by atoms with Crippen LogP contribution in [0.1, 0.15) is 19.3 Å². The molecule has 0 aromatic carbocycles. The fraction of sp³-hybridized carbons (Fsp3) is 0.600. The van der Waals surface area contributed by atoms with E-state index in [1.165, 1.54) is 0 Å².